The van der Waals surface area contributed by atoms with Crippen LogP contribution < -0.4 is 15.4 Å². The van der Waals surface area contributed by atoms with Crippen molar-refractivity contribution >= 4 is 39.3 Å². The topological polar surface area (TPSA) is 72.5 Å². The Hall–Kier alpha value is -3.80. The second-order valence-electron chi connectivity index (χ2n) is 7.80. The molecule has 0 saturated carbocycles. The van der Waals surface area contributed by atoms with Crippen molar-refractivity contribution < 1.29 is 14.3 Å². The highest BCUT2D eigenvalue weighted by molar-refractivity contribution is 6.09. The number of rotatable bonds is 6. The average Bonchev–Trinajstić information content (AvgIpc) is 2.79. The maximum Gasteiger partial charge on any atom is 0.406 e. The fraction of sp³-hybridized carbons (Fsp3) is 0.231. The Morgan fingerprint density at radius 2 is 1.72 bits per heavy atom. The summed E-state index contributed by atoms with van der Waals surface area (Å²) in [6.07, 6.45) is 0.241. The van der Waals surface area contributed by atoms with Crippen LogP contribution in [-0.2, 0) is 11.2 Å². The molecule has 0 aliphatic carbocycles. The first-order valence-electron chi connectivity index (χ1n) is 10.6. The lowest BCUT2D eigenvalue weighted by molar-refractivity contribution is 0.150. The zero-order valence-electron chi connectivity index (χ0n) is 18.8. The van der Waals surface area contributed by atoms with Gasteiger partial charge in [-0.2, -0.15) is 0 Å². The lowest BCUT2D eigenvalue weighted by Gasteiger charge is -2.16. The molecule has 0 fully saturated rings. The molecule has 6 heteroatoms. The number of amides is 1. The van der Waals surface area contributed by atoms with Crippen LogP contribution in [0.4, 0.5) is 16.2 Å². The van der Waals surface area contributed by atoms with Gasteiger partial charge in [0.2, 0.25) is 0 Å². The first kappa shape index (κ1) is 21.4. The number of carbonyl (C=O) groups is 1. The van der Waals surface area contributed by atoms with Crippen LogP contribution in [0.2, 0.25) is 0 Å². The molecule has 4 aromatic rings. The van der Waals surface area contributed by atoms with E-state index in [9.17, 15) is 4.79 Å². The predicted octanol–water partition coefficient (Wildman–Crippen LogP) is 5.66. The third kappa shape index (κ3) is 4.44. The minimum Gasteiger partial charge on any atom is -0.496 e. The number of benzene rings is 3. The van der Waals surface area contributed by atoms with Crippen LogP contribution in [0.5, 0.6) is 5.75 Å². The van der Waals surface area contributed by atoms with Crippen molar-refractivity contribution in [3.63, 3.8) is 0 Å². The van der Waals surface area contributed by atoms with Crippen molar-refractivity contribution in [1.29, 1.82) is 0 Å². The molecule has 3 aromatic carbocycles. The van der Waals surface area contributed by atoms with Gasteiger partial charge in [-0.15, -0.1) is 0 Å². The van der Waals surface area contributed by atoms with Crippen molar-refractivity contribution in [2.75, 3.05) is 26.1 Å². The van der Waals surface area contributed by atoms with Crippen LogP contribution in [-0.4, -0.2) is 31.8 Å². The summed E-state index contributed by atoms with van der Waals surface area (Å²) in [5.41, 5.74) is 7.16. The molecule has 1 heterocycles. The molecule has 32 heavy (non-hydrogen) atoms. The first-order chi connectivity index (χ1) is 15.5. The Labute approximate surface area is 187 Å². The summed E-state index contributed by atoms with van der Waals surface area (Å²) < 4.78 is 10.6. The number of hydrogen-bond donors (Lipinski definition) is 2. The number of aryl methyl sites for hydroxylation is 2. The van der Waals surface area contributed by atoms with Crippen LogP contribution in [0.3, 0.4) is 0 Å². The second kappa shape index (κ2) is 9.14. The molecule has 6 nitrogen and oxygen atoms in total. The zero-order chi connectivity index (χ0) is 22.7. The molecular formula is C26H27N3O3. The number of methoxy groups -OCH3 is 1. The Bertz CT molecular complexity index is 1280. The number of nitrogens with zero attached hydrogens (tertiary/aromatic N) is 1. The fourth-order valence-electron chi connectivity index (χ4n) is 3.77. The summed E-state index contributed by atoms with van der Waals surface area (Å²) in [4.78, 5) is 16.1. The maximum absolute atomic E-state index is 11.2. The SMILES string of the molecule is CNC(=O)OCCc1ccc(Nc2c3ccc(C)cc3nc3cc(C)c(OC)cc23)cc1. The summed E-state index contributed by atoms with van der Waals surface area (Å²) in [5.74, 6) is 0.834. The minimum atomic E-state index is -0.416. The smallest absolute Gasteiger partial charge is 0.406 e. The molecule has 0 spiro atoms. The average molecular weight is 430 g/mol. The van der Waals surface area contributed by atoms with Gasteiger partial charge in [0.1, 0.15) is 5.75 Å². The Balaban J connectivity index is 1.70. The fourth-order valence-corrected chi connectivity index (χ4v) is 3.77. The highest BCUT2D eigenvalue weighted by atomic mass is 16.5. The molecule has 0 saturated heterocycles. The van der Waals surface area contributed by atoms with Gasteiger partial charge in [0.15, 0.2) is 0 Å². The molecule has 4 rings (SSSR count). The van der Waals surface area contributed by atoms with Gasteiger partial charge in [-0.05, 0) is 60.9 Å². The molecule has 0 unspecified atom stereocenters. The Kier molecular flexibility index (Phi) is 6.12. The first-order valence-corrected chi connectivity index (χ1v) is 10.6. The van der Waals surface area contributed by atoms with Crippen LogP contribution in [0, 0.1) is 13.8 Å². The zero-order valence-corrected chi connectivity index (χ0v) is 18.8. The third-order valence-corrected chi connectivity index (χ3v) is 5.50. The van der Waals surface area contributed by atoms with Gasteiger partial charge in [0, 0.05) is 29.9 Å². The van der Waals surface area contributed by atoms with E-state index in [-0.39, 0.29) is 0 Å². The molecule has 0 bridgehead atoms. The monoisotopic (exact) mass is 429 g/mol. The lowest BCUT2D eigenvalue weighted by Crippen LogP contribution is -2.20. The molecule has 0 atom stereocenters. The van der Waals surface area contributed by atoms with Gasteiger partial charge in [0.25, 0.3) is 0 Å². The highest BCUT2D eigenvalue weighted by Gasteiger charge is 2.13. The van der Waals surface area contributed by atoms with Crippen molar-refractivity contribution in [2.45, 2.75) is 20.3 Å². The summed E-state index contributed by atoms with van der Waals surface area (Å²) in [6.45, 7) is 4.44. The van der Waals surface area contributed by atoms with Gasteiger partial charge in [-0.3, -0.25) is 0 Å². The van der Waals surface area contributed by atoms with Crippen molar-refractivity contribution in [2.24, 2.45) is 0 Å². The number of nitrogens with one attached hydrogen (secondary N) is 2. The van der Waals surface area contributed by atoms with Crippen LogP contribution in [0.25, 0.3) is 21.8 Å². The largest absolute Gasteiger partial charge is 0.496 e. The normalized spacial score (nSPS) is 10.9. The third-order valence-electron chi connectivity index (χ3n) is 5.50. The molecule has 2 N–H and O–H groups in total. The van der Waals surface area contributed by atoms with E-state index >= 15 is 0 Å². The van der Waals surface area contributed by atoms with Crippen LogP contribution in [0.1, 0.15) is 16.7 Å². The molecule has 1 aromatic heterocycles. The summed E-state index contributed by atoms with van der Waals surface area (Å²) in [7, 11) is 3.24. The number of alkyl carbamates (subject to hydrolysis) is 1. The number of fused-ring (bicyclic) bond motifs is 2. The van der Waals surface area contributed by atoms with Gasteiger partial charge < -0.3 is 20.1 Å². The molecule has 164 valence electrons. The number of aromatic nitrogens is 1. The Morgan fingerprint density at radius 1 is 0.969 bits per heavy atom. The number of pyridine rings is 1. The van der Waals surface area contributed by atoms with E-state index in [0.29, 0.717) is 13.0 Å². The van der Waals surface area contributed by atoms with Crippen molar-refractivity contribution in [1.82, 2.24) is 10.3 Å². The van der Waals surface area contributed by atoms with E-state index in [1.165, 1.54) is 5.56 Å². The van der Waals surface area contributed by atoms with E-state index < -0.39 is 6.09 Å². The second-order valence-corrected chi connectivity index (χ2v) is 7.80. The number of carbonyl (C=O) groups excluding carboxylic acids is 1. The summed E-state index contributed by atoms with van der Waals surface area (Å²) in [5, 5.41) is 8.11. The van der Waals surface area contributed by atoms with E-state index in [1.54, 1.807) is 14.2 Å². The molecule has 0 aliphatic rings. The van der Waals surface area contributed by atoms with Crippen LogP contribution in [0.15, 0.2) is 54.6 Å². The van der Waals surface area contributed by atoms with Gasteiger partial charge in [-0.1, -0.05) is 24.3 Å². The highest BCUT2D eigenvalue weighted by Crippen LogP contribution is 2.36. The predicted molar refractivity (Wildman–Crippen MR) is 129 cm³/mol. The van der Waals surface area contributed by atoms with Gasteiger partial charge in [0.05, 0.1) is 30.4 Å². The van der Waals surface area contributed by atoms with E-state index in [1.807, 2.05) is 37.3 Å². The van der Waals surface area contributed by atoms with Crippen molar-refractivity contribution in [3.8, 4) is 5.75 Å². The van der Waals surface area contributed by atoms with E-state index in [0.717, 1.165) is 50.1 Å². The molecule has 0 radical (unpaired) electrons. The van der Waals surface area contributed by atoms with Crippen LogP contribution >= 0.6 is 0 Å². The standard InChI is InChI=1S/C26H27N3O3/c1-16-5-10-20-22(13-16)29-23-14-17(2)24(31-4)15-21(23)25(20)28-19-8-6-18(7-9-19)11-12-32-26(30)27-3/h5-10,13-15H,11-12H2,1-4H3,(H,27,30)(H,28,29). The number of anilines is 2. The summed E-state index contributed by atoms with van der Waals surface area (Å²) >= 11 is 0. The summed E-state index contributed by atoms with van der Waals surface area (Å²) in [6, 6.07) is 18.6. The Morgan fingerprint density at radius 3 is 2.44 bits per heavy atom. The van der Waals surface area contributed by atoms with E-state index in [2.05, 4.69) is 41.8 Å². The van der Waals surface area contributed by atoms with Gasteiger partial charge in [-0.25, -0.2) is 9.78 Å². The van der Waals surface area contributed by atoms with Crippen molar-refractivity contribution in [3.05, 3.63) is 71.3 Å². The van der Waals surface area contributed by atoms with Gasteiger partial charge >= 0.3 is 6.09 Å². The van der Waals surface area contributed by atoms with E-state index in [4.69, 9.17) is 14.5 Å². The quantitative estimate of drug-likeness (QED) is 0.387. The minimum absolute atomic E-state index is 0.338. The molecule has 1 amide bonds. The molecular weight excluding hydrogens is 402 g/mol. The lowest BCUT2D eigenvalue weighted by atomic mass is 10.0. The number of hydrogen-bond acceptors (Lipinski definition) is 5. The molecule has 0 aliphatic heterocycles. The maximum atomic E-state index is 11.2. The number of ether oxygens (including phenoxy) is 2.